The van der Waals surface area contributed by atoms with E-state index in [0.717, 1.165) is 11.1 Å². The highest BCUT2D eigenvalue weighted by molar-refractivity contribution is 6.31. The second-order valence-corrected chi connectivity index (χ2v) is 5.94. The van der Waals surface area contributed by atoms with Crippen LogP contribution < -0.4 is 0 Å². The predicted molar refractivity (Wildman–Crippen MR) is 94.0 cm³/mol. The third kappa shape index (κ3) is 3.05. The molecule has 1 fully saturated rings. The van der Waals surface area contributed by atoms with E-state index in [1.54, 1.807) is 30.5 Å². The molecule has 2 aromatic carbocycles. The summed E-state index contributed by atoms with van der Waals surface area (Å²) in [6.45, 7) is 3.96. The van der Waals surface area contributed by atoms with Gasteiger partial charge in [0, 0.05) is 24.4 Å². The number of hydrogen-bond donors (Lipinski definition) is 0. The van der Waals surface area contributed by atoms with Gasteiger partial charge in [-0.15, -0.1) is 0 Å². The smallest absolute Gasteiger partial charge is 0.144 e. The van der Waals surface area contributed by atoms with Crippen molar-refractivity contribution in [2.24, 2.45) is 10.1 Å². The molecule has 4 nitrogen and oxygen atoms in total. The van der Waals surface area contributed by atoms with E-state index in [1.807, 2.05) is 24.3 Å². The summed E-state index contributed by atoms with van der Waals surface area (Å²) >= 11 is 6.32. The van der Waals surface area contributed by atoms with Crippen LogP contribution in [0.5, 0.6) is 0 Å². The van der Waals surface area contributed by atoms with Crippen LogP contribution in [0, 0.1) is 5.82 Å². The summed E-state index contributed by atoms with van der Waals surface area (Å²) in [4.78, 5) is 3.97. The molecule has 24 heavy (non-hydrogen) atoms. The zero-order valence-corrected chi connectivity index (χ0v) is 13.9. The Hall–Kier alpha value is -2.24. The Kier molecular flexibility index (Phi) is 4.64. The lowest BCUT2D eigenvalue weighted by Crippen LogP contribution is -2.29. The van der Waals surface area contributed by atoms with Gasteiger partial charge in [0.2, 0.25) is 0 Å². The molecule has 0 aliphatic carbocycles. The van der Waals surface area contributed by atoms with Gasteiger partial charge in [-0.2, -0.15) is 5.10 Å². The van der Waals surface area contributed by atoms with Gasteiger partial charge < -0.3 is 4.74 Å². The van der Waals surface area contributed by atoms with Crippen molar-refractivity contribution in [2.75, 3.05) is 13.6 Å². The van der Waals surface area contributed by atoms with Gasteiger partial charge >= 0.3 is 0 Å². The molecule has 6 heteroatoms. The number of halogens is 2. The number of benzene rings is 2. The van der Waals surface area contributed by atoms with E-state index >= 15 is 0 Å². The Bertz CT molecular complexity index is 765. The number of nitrogens with zero attached hydrogens (tertiary/aromatic N) is 3. The first kappa shape index (κ1) is 16.6. The third-order valence-electron chi connectivity index (χ3n) is 4.04. The van der Waals surface area contributed by atoms with E-state index in [4.69, 9.17) is 16.3 Å². The van der Waals surface area contributed by atoms with Crippen molar-refractivity contribution in [2.45, 2.75) is 11.7 Å². The maximum atomic E-state index is 13.3. The summed E-state index contributed by atoms with van der Waals surface area (Å²) in [5.74, 6) is -0.294. The molecular formula is C18H17ClFN3O. The molecule has 124 valence electrons. The van der Waals surface area contributed by atoms with Crippen LogP contribution in [0.3, 0.4) is 0 Å². The average Bonchev–Trinajstić information content (AvgIpc) is 3.30. The number of rotatable bonds is 6. The zero-order chi connectivity index (χ0) is 17.2. The Labute approximate surface area is 145 Å². The van der Waals surface area contributed by atoms with Gasteiger partial charge in [-0.3, -0.25) is 10.0 Å². The minimum absolute atomic E-state index is 0.244. The van der Waals surface area contributed by atoms with Crippen LogP contribution in [0.25, 0.3) is 0 Å². The third-order valence-corrected chi connectivity index (χ3v) is 4.39. The fourth-order valence-electron chi connectivity index (χ4n) is 2.84. The Balaban J connectivity index is 1.99. The van der Waals surface area contributed by atoms with Gasteiger partial charge in [-0.05, 0) is 23.8 Å². The standard InChI is InChI=1S/C18H17ClFN3O/c1-21-12-23(22-2)11-18(13-7-9-14(20)10-8-13)17(24-18)15-5-3-4-6-16(15)19/h3-10,12,17H,2,11H2,1H3. The molecule has 0 spiro atoms. The monoisotopic (exact) mass is 345 g/mol. The molecule has 0 N–H and O–H groups in total. The van der Waals surface area contributed by atoms with Gasteiger partial charge in [-0.25, -0.2) is 4.39 Å². The molecule has 2 atom stereocenters. The van der Waals surface area contributed by atoms with E-state index in [2.05, 4.69) is 16.8 Å². The van der Waals surface area contributed by atoms with Crippen molar-refractivity contribution in [3.8, 4) is 0 Å². The zero-order valence-electron chi connectivity index (χ0n) is 13.2. The maximum absolute atomic E-state index is 13.3. The van der Waals surface area contributed by atoms with Crippen molar-refractivity contribution in [1.82, 2.24) is 5.01 Å². The molecule has 2 unspecified atom stereocenters. The molecule has 0 radical (unpaired) electrons. The van der Waals surface area contributed by atoms with Crippen molar-refractivity contribution < 1.29 is 9.13 Å². The summed E-state index contributed by atoms with van der Waals surface area (Å²) in [6, 6.07) is 13.8. The molecule has 0 saturated carbocycles. The van der Waals surface area contributed by atoms with Gasteiger partial charge in [0.25, 0.3) is 0 Å². The summed E-state index contributed by atoms with van der Waals surface area (Å²) in [5, 5.41) is 6.17. The van der Waals surface area contributed by atoms with E-state index in [-0.39, 0.29) is 11.9 Å². The lowest BCUT2D eigenvalue weighted by molar-refractivity contribution is 0.249. The average molecular weight is 346 g/mol. The number of epoxide rings is 1. The highest BCUT2D eigenvalue weighted by Gasteiger charge is 2.60. The molecule has 1 heterocycles. The Morgan fingerprint density at radius 2 is 2.00 bits per heavy atom. The molecule has 1 saturated heterocycles. The van der Waals surface area contributed by atoms with Crippen LogP contribution >= 0.6 is 11.6 Å². The highest BCUT2D eigenvalue weighted by atomic mass is 35.5. The predicted octanol–water partition coefficient (Wildman–Crippen LogP) is 4.02. The minimum Gasteiger partial charge on any atom is -0.354 e. The van der Waals surface area contributed by atoms with E-state index < -0.39 is 5.60 Å². The van der Waals surface area contributed by atoms with Crippen LogP contribution in [-0.4, -0.2) is 31.7 Å². The van der Waals surface area contributed by atoms with Gasteiger partial charge in [0.1, 0.15) is 23.9 Å². The lowest BCUT2D eigenvalue weighted by atomic mass is 9.91. The molecule has 0 amide bonds. The van der Waals surface area contributed by atoms with Crippen LogP contribution in [0.2, 0.25) is 5.02 Å². The van der Waals surface area contributed by atoms with Crippen LogP contribution in [0.15, 0.2) is 58.6 Å². The normalized spacial score (nSPS) is 22.5. The van der Waals surface area contributed by atoms with E-state index in [1.165, 1.54) is 12.1 Å². The summed E-state index contributed by atoms with van der Waals surface area (Å²) in [7, 11) is 1.65. The van der Waals surface area contributed by atoms with Crippen molar-refractivity contribution >= 4 is 24.7 Å². The first-order valence-electron chi connectivity index (χ1n) is 7.44. The van der Waals surface area contributed by atoms with Gasteiger partial charge in [-0.1, -0.05) is 41.9 Å². The van der Waals surface area contributed by atoms with Crippen molar-refractivity contribution in [3.63, 3.8) is 0 Å². The number of hydrogen-bond acceptors (Lipinski definition) is 3. The van der Waals surface area contributed by atoms with Gasteiger partial charge in [0.05, 0.1) is 6.54 Å². The van der Waals surface area contributed by atoms with Gasteiger partial charge in [0.15, 0.2) is 0 Å². The summed E-state index contributed by atoms with van der Waals surface area (Å²) < 4.78 is 19.4. The summed E-state index contributed by atoms with van der Waals surface area (Å²) in [5.41, 5.74) is 1.06. The number of hydrazone groups is 1. The molecule has 1 aliphatic rings. The van der Waals surface area contributed by atoms with Crippen LogP contribution in [0.1, 0.15) is 17.2 Å². The molecule has 3 rings (SSSR count). The molecule has 0 bridgehead atoms. The Morgan fingerprint density at radius 1 is 1.29 bits per heavy atom. The Morgan fingerprint density at radius 3 is 2.62 bits per heavy atom. The second kappa shape index (κ2) is 6.71. The highest BCUT2D eigenvalue weighted by Crippen LogP contribution is 2.58. The second-order valence-electron chi connectivity index (χ2n) is 5.53. The lowest BCUT2D eigenvalue weighted by Gasteiger charge is -2.20. The van der Waals surface area contributed by atoms with Crippen LogP contribution in [-0.2, 0) is 10.3 Å². The fraction of sp³-hybridized carbons (Fsp3) is 0.222. The number of aliphatic imine (C=N–C) groups is 1. The van der Waals surface area contributed by atoms with E-state index in [0.29, 0.717) is 11.6 Å². The van der Waals surface area contributed by atoms with Crippen molar-refractivity contribution in [1.29, 1.82) is 0 Å². The maximum Gasteiger partial charge on any atom is 0.144 e. The first-order chi connectivity index (χ1) is 11.6. The summed E-state index contributed by atoms with van der Waals surface area (Å²) in [6.07, 6.45) is 1.33. The largest absolute Gasteiger partial charge is 0.354 e. The quantitative estimate of drug-likeness (QED) is 0.343. The molecular weight excluding hydrogens is 329 g/mol. The first-order valence-corrected chi connectivity index (χ1v) is 7.82. The SMILES string of the molecule is C=NN(C=NC)CC1(c2ccc(F)cc2)OC1c1ccccc1Cl. The minimum atomic E-state index is -0.679. The number of ether oxygens (including phenoxy) is 1. The molecule has 0 aromatic heterocycles. The van der Waals surface area contributed by atoms with Crippen molar-refractivity contribution in [3.05, 3.63) is 70.5 Å². The van der Waals surface area contributed by atoms with Crippen LogP contribution in [0.4, 0.5) is 4.39 Å². The fourth-order valence-corrected chi connectivity index (χ4v) is 3.08. The molecule has 1 aliphatic heterocycles. The molecule has 2 aromatic rings. The topological polar surface area (TPSA) is 40.5 Å². The van der Waals surface area contributed by atoms with E-state index in [9.17, 15) is 4.39 Å².